The highest BCUT2D eigenvalue weighted by Gasteiger charge is 2.36. The Morgan fingerprint density at radius 3 is 2.59 bits per heavy atom. The third-order valence-corrected chi connectivity index (χ3v) is 3.57. The van der Waals surface area contributed by atoms with E-state index >= 15 is 0 Å². The SMILES string of the molecule is Nc1ccc(CC(=O)N[C@H]2CC[C@@H](CC(=O)O)OB2O)cc1. The van der Waals surface area contributed by atoms with Crippen LogP contribution in [0, 0.1) is 0 Å². The fourth-order valence-corrected chi connectivity index (χ4v) is 2.44. The molecule has 1 fully saturated rings. The molecule has 1 amide bonds. The number of nitrogens with two attached hydrogens (primary N) is 1. The minimum absolute atomic E-state index is 0.150. The van der Waals surface area contributed by atoms with Crippen LogP contribution in [0.3, 0.4) is 0 Å². The molecule has 0 unspecified atom stereocenters. The van der Waals surface area contributed by atoms with Gasteiger partial charge in [0.2, 0.25) is 5.91 Å². The number of hydrogen-bond acceptors (Lipinski definition) is 5. The molecule has 0 radical (unpaired) electrons. The predicted molar refractivity (Wildman–Crippen MR) is 80.8 cm³/mol. The summed E-state index contributed by atoms with van der Waals surface area (Å²) in [7, 11) is -1.19. The van der Waals surface area contributed by atoms with Crippen molar-refractivity contribution in [2.75, 3.05) is 5.73 Å². The van der Waals surface area contributed by atoms with E-state index in [-0.39, 0.29) is 18.7 Å². The number of aliphatic carboxylic acids is 1. The molecule has 2 rings (SSSR count). The van der Waals surface area contributed by atoms with Gasteiger partial charge in [-0.05, 0) is 30.5 Å². The normalized spacial score (nSPS) is 21.4. The number of nitrogen functional groups attached to an aromatic ring is 1. The third-order valence-electron chi connectivity index (χ3n) is 3.57. The van der Waals surface area contributed by atoms with Crippen LogP contribution in [0.5, 0.6) is 0 Å². The van der Waals surface area contributed by atoms with Crippen LogP contribution in [0.2, 0.25) is 0 Å². The van der Waals surface area contributed by atoms with Gasteiger partial charge in [-0.15, -0.1) is 0 Å². The van der Waals surface area contributed by atoms with E-state index in [0.717, 1.165) is 5.56 Å². The van der Waals surface area contributed by atoms with Crippen molar-refractivity contribution in [1.82, 2.24) is 5.32 Å². The molecule has 22 heavy (non-hydrogen) atoms. The van der Waals surface area contributed by atoms with Gasteiger partial charge in [0.25, 0.3) is 0 Å². The van der Waals surface area contributed by atoms with Crippen molar-refractivity contribution in [2.45, 2.75) is 37.7 Å². The van der Waals surface area contributed by atoms with Crippen LogP contribution in [0.4, 0.5) is 5.69 Å². The maximum atomic E-state index is 12.0. The van der Waals surface area contributed by atoms with Crippen molar-refractivity contribution in [1.29, 1.82) is 0 Å². The largest absolute Gasteiger partial charge is 0.481 e. The van der Waals surface area contributed by atoms with Gasteiger partial charge in [-0.2, -0.15) is 0 Å². The van der Waals surface area contributed by atoms with Crippen molar-refractivity contribution in [2.24, 2.45) is 0 Å². The van der Waals surface area contributed by atoms with Crippen LogP contribution >= 0.6 is 0 Å². The number of benzene rings is 1. The van der Waals surface area contributed by atoms with Crippen LogP contribution in [-0.4, -0.2) is 41.2 Å². The summed E-state index contributed by atoms with van der Waals surface area (Å²) in [6.07, 6.45) is 0.478. The van der Waals surface area contributed by atoms with Gasteiger partial charge < -0.3 is 25.8 Å². The molecule has 1 saturated heterocycles. The van der Waals surface area contributed by atoms with Crippen molar-refractivity contribution in [3.8, 4) is 0 Å². The van der Waals surface area contributed by atoms with Crippen molar-refractivity contribution in [3.63, 3.8) is 0 Å². The number of carbonyl (C=O) groups excluding carboxylic acids is 1. The Kier molecular flexibility index (Phi) is 5.40. The first-order valence-corrected chi connectivity index (χ1v) is 7.13. The molecule has 0 spiro atoms. The number of nitrogens with one attached hydrogen (secondary N) is 1. The molecule has 118 valence electrons. The van der Waals surface area contributed by atoms with E-state index < -0.39 is 25.1 Å². The van der Waals surface area contributed by atoms with Crippen molar-refractivity contribution >= 4 is 24.7 Å². The van der Waals surface area contributed by atoms with Gasteiger partial charge in [0, 0.05) is 5.69 Å². The van der Waals surface area contributed by atoms with Gasteiger partial charge in [0.1, 0.15) is 0 Å². The van der Waals surface area contributed by atoms with Crippen LogP contribution in [0.15, 0.2) is 24.3 Å². The minimum atomic E-state index is -1.19. The quantitative estimate of drug-likeness (QED) is 0.447. The highest BCUT2D eigenvalue weighted by atomic mass is 16.5. The smallest absolute Gasteiger partial charge is 0.478 e. The lowest BCUT2D eigenvalue weighted by molar-refractivity contribution is -0.139. The summed E-state index contributed by atoms with van der Waals surface area (Å²) in [5.41, 5.74) is 7.03. The Balaban J connectivity index is 1.82. The Morgan fingerprint density at radius 1 is 1.32 bits per heavy atom. The maximum Gasteiger partial charge on any atom is 0.478 e. The summed E-state index contributed by atoms with van der Waals surface area (Å²) in [6, 6.07) is 6.98. The molecule has 1 aromatic carbocycles. The van der Waals surface area contributed by atoms with Crippen LogP contribution in [-0.2, 0) is 20.7 Å². The zero-order chi connectivity index (χ0) is 16.1. The maximum absolute atomic E-state index is 12.0. The highest BCUT2D eigenvalue weighted by Crippen LogP contribution is 2.18. The molecule has 2 atom stereocenters. The van der Waals surface area contributed by atoms with E-state index in [1.165, 1.54) is 0 Å². The molecule has 0 aromatic heterocycles. The second-order valence-corrected chi connectivity index (χ2v) is 5.42. The molecule has 0 aliphatic carbocycles. The summed E-state index contributed by atoms with van der Waals surface area (Å²) >= 11 is 0. The summed E-state index contributed by atoms with van der Waals surface area (Å²) in [4.78, 5) is 22.6. The minimum Gasteiger partial charge on any atom is -0.481 e. The van der Waals surface area contributed by atoms with Gasteiger partial charge >= 0.3 is 13.1 Å². The van der Waals surface area contributed by atoms with Gasteiger partial charge in [-0.25, -0.2) is 0 Å². The summed E-state index contributed by atoms with van der Waals surface area (Å²) in [5, 5.41) is 21.3. The zero-order valence-corrected chi connectivity index (χ0v) is 12.1. The van der Waals surface area contributed by atoms with E-state index in [1.54, 1.807) is 24.3 Å². The molecule has 1 aliphatic rings. The lowest BCUT2D eigenvalue weighted by atomic mass is 9.72. The Bertz CT molecular complexity index is 537. The fourth-order valence-electron chi connectivity index (χ4n) is 2.44. The van der Waals surface area contributed by atoms with Crippen LogP contribution < -0.4 is 11.1 Å². The first-order valence-electron chi connectivity index (χ1n) is 7.13. The van der Waals surface area contributed by atoms with Crippen LogP contribution in [0.25, 0.3) is 0 Å². The molecule has 0 saturated carbocycles. The van der Waals surface area contributed by atoms with E-state index in [1.807, 2.05) is 0 Å². The second kappa shape index (κ2) is 7.28. The molecule has 8 heteroatoms. The number of anilines is 1. The Labute approximate surface area is 128 Å². The average molecular weight is 306 g/mol. The monoisotopic (exact) mass is 306 g/mol. The lowest BCUT2D eigenvalue weighted by Gasteiger charge is -2.30. The van der Waals surface area contributed by atoms with E-state index in [0.29, 0.717) is 18.5 Å². The van der Waals surface area contributed by atoms with E-state index in [4.69, 9.17) is 15.5 Å². The molecule has 1 heterocycles. The molecular weight excluding hydrogens is 287 g/mol. The number of amides is 1. The summed E-state index contributed by atoms with van der Waals surface area (Å²) in [6.45, 7) is 0. The third kappa shape index (κ3) is 4.75. The van der Waals surface area contributed by atoms with Gasteiger partial charge in [0.15, 0.2) is 0 Å². The highest BCUT2D eigenvalue weighted by molar-refractivity contribution is 6.45. The number of carboxylic acid groups (broad SMARTS) is 1. The molecule has 1 aromatic rings. The van der Waals surface area contributed by atoms with Gasteiger partial charge in [-0.3, -0.25) is 9.59 Å². The number of rotatable bonds is 5. The fraction of sp³-hybridized carbons (Fsp3) is 0.429. The zero-order valence-electron chi connectivity index (χ0n) is 12.1. The summed E-state index contributed by atoms with van der Waals surface area (Å²) < 4.78 is 5.22. The first kappa shape index (κ1) is 16.3. The molecule has 5 N–H and O–H groups in total. The van der Waals surface area contributed by atoms with Crippen LogP contribution in [0.1, 0.15) is 24.8 Å². The Morgan fingerprint density at radius 2 is 2.00 bits per heavy atom. The number of carbonyl (C=O) groups is 2. The second-order valence-electron chi connectivity index (χ2n) is 5.42. The van der Waals surface area contributed by atoms with Gasteiger partial charge in [0.05, 0.1) is 24.9 Å². The Hall–Kier alpha value is -2.06. The molecule has 0 bridgehead atoms. The molecular formula is C14H19BN2O5. The first-order chi connectivity index (χ1) is 10.4. The molecule has 7 nitrogen and oxygen atoms in total. The van der Waals surface area contributed by atoms with Gasteiger partial charge in [-0.1, -0.05) is 12.1 Å². The summed E-state index contributed by atoms with van der Waals surface area (Å²) in [5.74, 6) is -1.72. The lowest BCUT2D eigenvalue weighted by Crippen LogP contribution is -2.53. The van der Waals surface area contributed by atoms with E-state index in [9.17, 15) is 14.6 Å². The molecule has 1 aliphatic heterocycles. The van der Waals surface area contributed by atoms with E-state index in [2.05, 4.69) is 5.32 Å². The predicted octanol–water partition coefficient (Wildman–Crippen LogP) is -0.0305. The van der Waals surface area contributed by atoms with Crippen molar-refractivity contribution in [3.05, 3.63) is 29.8 Å². The topological polar surface area (TPSA) is 122 Å². The average Bonchev–Trinajstić information content (AvgIpc) is 2.44. The number of hydrogen-bond donors (Lipinski definition) is 4. The standard InChI is InChI=1S/C14H19BN2O5/c16-10-3-1-9(2-4-10)7-13(18)17-12-6-5-11(8-14(19)20)22-15(12)21/h1-4,11-12,21H,5-8,16H2,(H,17,18)(H,19,20)/t11-,12-/m0/s1. The number of carboxylic acids is 1. The van der Waals surface area contributed by atoms with Crippen molar-refractivity contribution < 1.29 is 24.4 Å².